The Labute approximate surface area is 158 Å². The molecule has 2 aromatic carbocycles. The van der Waals surface area contributed by atoms with Crippen LogP contribution in [0.2, 0.25) is 0 Å². The Balaban J connectivity index is -0.000000233. The molecule has 0 aliphatic rings. The van der Waals surface area contributed by atoms with E-state index in [-0.39, 0.29) is 60.2 Å². The van der Waals surface area contributed by atoms with Crippen molar-refractivity contribution in [1.29, 1.82) is 0 Å². The quantitative estimate of drug-likeness (QED) is 0.494. The molecule has 0 unspecified atom stereocenters. The van der Waals surface area contributed by atoms with E-state index < -0.39 is 0 Å². The van der Waals surface area contributed by atoms with Gasteiger partial charge in [-0.25, -0.2) is 24.3 Å². The summed E-state index contributed by atoms with van der Waals surface area (Å²) in [5.74, 6) is 0. The molecular weight excluding hydrogens is 443 g/mol. The molecule has 0 spiro atoms. The Morgan fingerprint density at radius 2 is 0.895 bits per heavy atom. The third-order valence-electron chi connectivity index (χ3n) is 2.54. The number of hydrogen-bond donors (Lipinski definition) is 0. The van der Waals surface area contributed by atoms with Crippen LogP contribution in [0.4, 0.5) is 0 Å². The summed E-state index contributed by atoms with van der Waals surface area (Å²) < 4.78 is 0. The van der Waals surface area contributed by atoms with Crippen LogP contribution in [0.15, 0.2) is 48.5 Å². The van der Waals surface area contributed by atoms with Gasteiger partial charge in [0.05, 0.1) is 0 Å². The molecule has 0 saturated carbocycles. The van der Waals surface area contributed by atoms with Crippen molar-refractivity contribution in [3.8, 4) is 0 Å². The average Bonchev–Trinajstić information content (AvgIpc) is 2.92. The summed E-state index contributed by atoms with van der Waals surface area (Å²) >= 11 is 0. The summed E-state index contributed by atoms with van der Waals surface area (Å²) in [6.45, 7) is 4.40. The van der Waals surface area contributed by atoms with E-state index >= 15 is 0 Å². The summed E-state index contributed by atoms with van der Waals surface area (Å²) in [6.07, 6.45) is 4.97. The summed E-state index contributed by atoms with van der Waals surface area (Å²) in [7, 11) is 0. The molecule has 0 amide bonds. The normalized spacial score (nSPS) is 8.11. The summed E-state index contributed by atoms with van der Waals surface area (Å²) in [5.41, 5.74) is 2.93. The van der Waals surface area contributed by atoms with E-state index in [1.807, 2.05) is 0 Å². The van der Waals surface area contributed by atoms with Crippen molar-refractivity contribution in [3.05, 3.63) is 59.7 Å². The monoisotopic (exact) mass is 462 g/mol. The first-order valence-corrected chi connectivity index (χ1v) is 6.28. The van der Waals surface area contributed by atoms with Gasteiger partial charge in [0.25, 0.3) is 0 Å². The van der Waals surface area contributed by atoms with E-state index in [2.05, 4.69) is 62.4 Å². The van der Waals surface area contributed by atoms with Crippen LogP contribution in [-0.2, 0) is 39.0 Å². The molecule has 0 bridgehead atoms. The first-order chi connectivity index (χ1) is 7.86. The van der Waals surface area contributed by atoms with E-state index in [4.69, 9.17) is 0 Å². The van der Waals surface area contributed by atoms with Crippen molar-refractivity contribution in [3.63, 3.8) is 0 Å². The van der Waals surface area contributed by atoms with E-state index in [1.54, 1.807) is 0 Å². The second-order valence-corrected chi connectivity index (χ2v) is 4.09. The summed E-state index contributed by atoms with van der Waals surface area (Å²) in [4.78, 5) is 0. The molecule has 0 aliphatic heterocycles. The molecule has 0 atom stereocenters. The van der Waals surface area contributed by atoms with Crippen molar-refractivity contribution >= 4 is 0 Å². The maximum absolute atomic E-state index is 2.20. The fourth-order valence-corrected chi connectivity index (χ4v) is 1.74. The van der Waals surface area contributed by atoms with Gasteiger partial charge in [-0.05, 0) is 0 Å². The molecule has 0 radical (unpaired) electrons. The molecular formula is C16H22Br2Zr. The fraction of sp³-hybridized carbons (Fsp3) is 0.375. The summed E-state index contributed by atoms with van der Waals surface area (Å²) in [6, 6.07) is 17.0. The van der Waals surface area contributed by atoms with Gasteiger partial charge in [0, 0.05) is 0 Å². The van der Waals surface area contributed by atoms with Crippen LogP contribution in [0, 0.1) is 0 Å². The molecule has 3 heteroatoms. The maximum atomic E-state index is 2.20. The Bertz CT molecular complexity index is 302. The Morgan fingerprint density at radius 1 is 0.632 bits per heavy atom. The SMILES string of the molecule is CCC[c-]1cccc1.CCC[c-]1cccc1.[Br-].[Br-].[Zr+4]. The van der Waals surface area contributed by atoms with Gasteiger partial charge in [-0.15, -0.1) is 0 Å². The zero-order chi connectivity index (χ0) is 11.6. The molecule has 104 valence electrons. The van der Waals surface area contributed by atoms with Crippen LogP contribution in [-0.4, -0.2) is 0 Å². The van der Waals surface area contributed by atoms with Crippen LogP contribution >= 0.6 is 0 Å². The van der Waals surface area contributed by atoms with E-state index in [0.717, 1.165) is 0 Å². The van der Waals surface area contributed by atoms with E-state index in [9.17, 15) is 0 Å². The van der Waals surface area contributed by atoms with Gasteiger partial charge >= 0.3 is 26.2 Å². The minimum Gasteiger partial charge on any atom is -1.00 e. The number of rotatable bonds is 4. The zero-order valence-electron chi connectivity index (χ0n) is 11.7. The van der Waals surface area contributed by atoms with Crippen LogP contribution in [0.5, 0.6) is 0 Å². The number of hydrogen-bond acceptors (Lipinski definition) is 0. The molecule has 0 aromatic heterocycles. The predicted molar refractivity (Wildman–Crippen MR) is 72.1 cm³/mol. The Hall–Kier alpha value is 0.543. The molecule has 0 saturated heterocycles. The topological polar surface area (TPSA) is 0 Å². The number of halogens is 2. The molecule has 2 rings (SSSR count). The molecule has 0 aliphatic carbocycles. The van der Waals surface area contributed by atoms with Gasteiger partial charge in [0.1, 0.15) is 0 Å². The smallest absolute Gasteiger partial charge is 1.00 e. The third-order valence-corrected chi connectivity index (χ3v) is 2.54. The minimum absolute atomic E-state index is 0. The standard InChI is InChI=1S/2C8H11.2BrH.Zr/c2*1-2-5-8-6-3-4-7-8;;;/h2*3-4,6-7H,2,5H2,1H3;2*1H;/q2*-1;;;+4/p-2. The number of aryl methyl sites for hydroxylation is 2. The Kier molecular flexibility index (Phi) is 21.4. The van der Waals surface area contributed by atoms with Crippen LogP contribution < -0.4 is 34.0 Å². The van der Waals surface area contributed by atoms with Crippen molar-refractivity contribution < 1.29 is 60.2 Å². The van der Waals surface area contributed by atoms with E-state index in [0.29, 0.717) is 0 Å². The first-order valence-electron chi connectivity index (χ1n) is 6.28. The second-order valence-electron chi connectivity index (χ2n) is 4.09. The van der Waals surface area contributed by atoms with E-state index in [1.165, 1.54) is 36.8 Å². The molecule has 0 nitrogen and oxygen atoms in total. The minimum atomic E-state index is 0. The average molecular weight is 465 g/mol. The van der Waals surface area contributed by atoms with Gasteiger partial charge in [-0.3, -0.25) is 0 Å². The van der Waals surface area contributed by atoms with Crippen molar-refractivity contribution in [2.45, 2.75) is 39.5 Å². The largest absolute Gasteiger partial charge is 4.00 e. The zero-order valence-corrected chi connectivity index (χ0v) is 17.3. The Morgan fingerprint density at radius 3 is 1.11 bits per heavy atom. The predicted octanol–water partition coefficient (Wildman–Crippen LogP) is -1.28. The summed E-state index contributed by atoms with van der Waals surface area (Å²) in [5, 5.41) is 0. The van der Waals surface area contributed by atoms with Gasteiger partial charge in [-0.1, -0.05) is 39.5 Å². The van der Waals surface area contributed by atoms with Crippen LogP contribution in [0.25, 0.3) is 0 Å². The molecule has 19 heavy (non-hydrogen) atoms. The maximum Gasteiger partial charge on any atom is 4.00 e. The molecule has 0 N–H and O–H groups in total. The molecule has 2 aromatic rings. The third kappa shape index (κ3) is 12.0. The fourth-order valence-electron chi connectivity index (χ4n) is 1.74. The van der Waals surface area contributed by atoms with Crippen molar-refractivity contribution in [1.82, 2.24) is 0 Å². The van der Waals surface area contributed by atoms with Gasteiger partial charge in [-0.2, -0.15) is 35.4 Å². The van der Waals surface area contributed by atoms with Crippen LogP contribution in [0.1, 0.15) is 37.8 Å². The first kappa shape index (κ1) is 24.6. The van der Waals surface area contributed by atoms with Gasteiger partial charge < -0.3 is 34.0 Å². The van der Waals surface area contributed by atoms with Crippen molar-refractivity contribution in [2.75, 3.05) is 0 Å². The second kappa shape index (κ2) is 16.6. The van der Waals surface area contributed by atoms with Crippen LogP contribution in [0.3, 0.4) is 0 Å². The molecule has 0 heterocycles. The van der Waals surface area contributed by atoms with Gasteiger partial charge in [0.2, 0.25) is 0 Å². The molecule has 0 fully saturated rings. The van der Waals surface area contributed by atoms with Crippen molar-refractivity contribution in [2.24, 2.45) is 0 Å². The van der Waals surface area contributed by atoms with Gasteiger partial charge in [0.15, 0.2) is 0 Å².